The molecule has 0 aliphatic heterocycles. The smallest absolute Gasteiger partial charge is 0.223 e. The Kier molecular flexibility index (Phi) is 6.17. The van der Waals surface area contributed by atoms with E-state index in [2.05, 4.69) is 29.9 Å². The van der Waals surface area contributed by atoms with Gasteiger partial charge in [-0.25, -0.2) is 4.98 Å². The molecule has 1 heterocycles. The van der Waals surface area contributed by atoms with Crippen molar-refractivity contribution >= 4 is 23.4 Å². The van der Waals surface area contributed by atoms with E-state index in [1.54, 1.807) is 11.8 Å². The maximum Gasteiger partial charge on any atom is 0.223 e. The minimum absolute atomic E-state index is 0.378. The standard InChI is InChI=1S/C21H21ClN2OS/c1-14(2)17-9-5-7-11-19(17)25-20-12-15(3)23-21(24-20)26-13-16-8-4-6-10-18(16)22/h4-12,14H,13H2,1-3H3. The van der Waals surface area contributed by atoms with Gasteiger partial charge < -0.3 is 4.74 Å². The van der Waals surface area contributed by atoms with Gasteiger partial charge in [0.25, 0.3) is 0 Å². The lowest BCUT2D eigenvalue weighted by Gasteiger charge is -2.13. The fourth-order valence-electron chi connectivity index (χ4n) is 2.55. The summed E-state index contributed by atoms with van der Waals surface area (Å²) in [4.78, 5) is 9.07. The number of hydrogen-bond acceptors (Lipinski definition) is 4. The number of nitrogens with zero attached hydrogens (tertiary/aromatic N) is 2. The summed E-state index contributed by atoms with van der Waals surface area (Å²) < 4.78 is 6.08. The van der Waals surface area contributed by atoms with Gasteiger partial charge in [-0.05, 0) is 36.1 Å². The average Bonchev–Trinajstić information content (AvgIpc) is 2.61. The van der Waals surface area contributed by atoms with E-state index in [1.807, 2.05) is 55.5 Å². The van der Waals surface area contributed by atoms with E-state index >= 15 is 0 Å². The summed E-state index contributed by atoms with van der Waals surface area (Å²) in [5.41, 5.74) is 3.10. The zero-order valence-electron chi connectivity index (χ0n) is 15.1. The fraction of sp³-hybridized carbons (Fsp3) is 0.238. The third-order valence-electron chi connectivity index (χ3n) is 3.88. The van der Waals surface area contributed by atoms with Crippen LogP contribution in [-0.4, -0.2) is 9.97 Å². The van der Waals surface area contributed by atoms with Crippen molar-refractivity contribution in [1.29, 1.82) is 0 Å². The van der Waals surface area contributed by atoms with Gasteiger partial charge in [0.05, 0.1) is 0 Å². The number of halogens is 1. The van der Waals surface area contributed by atoms with Gasteiger partial charge in [-0.15, -0.1) is 0 Å². The Morgan fingerprint density at radius 2 is 1.77 bits per heavy atom. The molecule has 3 nitrogen and oxygen atoms in total. The van der Waals surface area contributed by atoms with E-state index in [0.29, 0.717) is 22.7 Å². The van der Waals surface area contributed by atoms with Gasteiger partial charge in [0, 0.05) is 22.5 Å². The molecule has 0 aliphatic rings. The maximum absolute atomic E-state index is 6.23. The number of aryl methyl sites for hydroxylation is 1. The summed E-state index contributed by atoms with van der Waals surface area (Å²) in [7, 11) is 0. The van der Waals surface area contributed by atoms with Crippen molar-refractivity contribution < 1.29 is 4.74 Å². The second-order valence-electron chi connectivity index (χ2n) is 6.30. The van der Waals surface area contributed by atoms with Crippen molar-refractivity contribution in [2.75, 3.05) is 0 Å². The molecule has 134 valence electrons. The van der Waals surface area contributed by atoms with Gasteiger partial charge in [-0.2, -0.15) is 4.98 Å². The Morgan fingerprint density at radius 1 is 1.04 bits per heavy atom. The molecule has 0 radical (unpaired) electrons. The SMILES string of the molecule is Cc1cc(Oc2ccccc2C(C)C)nc(SCc2ccccc2Cl)n1. The molecule has 0 fully saturated rings. The van der Waals surface area contributed by atoms with Gasteiger partial charge in [0.2, 0.25) is 5.88 Å². The molecule has 26 heavy (non-hydrogen) atoms. The largest absolute Gasteiger partial charge is 0.439 e. The van der Waals surface area contributed by atoms with Crippen molar-refractivity contribution in [2.45, 2.75) is 37.6 Å². The lowest BCUT2D eigenvalue weighted by molar-refractivity contribution is 0.446. The summed E-state index contributed by atoms with van der Waals surface area (Å²) in [5, 5.41) is 1.44. The van der Waals surface area contributed by atoms with Crippen molar-refractivity contribution in [3.63, 3.8) is 0 Å². The van der Waals surface area contributed by atoms with Crippen LogP contribution in [0.1, 0.15) is 36.6 Å². The van der Waals surface area contributed by atoms with Gasteiger partial charge in [-0.3, -0.25) is 0 Å². The molecule has 0 amide bonds. The van der Waals surface area contributed by atoms with Crippen LogP contribution in [0.5, 0.6) is 11.6 Å². The highest BCUT2D eigenvalue weighted by Gasteiger charge is 2.11. The molecule has 0 N–H and O–H groups in total. The Labute approximate surface area is 163 Å². The van der Waals surface area contributed by atoms with Crippen molar-refractivity contribution in [3.8, 4) is 11.6 Å². The average molecular weight is 385 g/mol. The van der Waals surface area contributed by atoms with Crippen molar-refractivity contribution in [3.05, 3.63) is 76.4 Å². The summed E-state index contributed by atoms with van der Waals surface area (Å²) in [6, 6.07) is 17.7. The van der Waals surface area contributed by atoms with E-state index in [9.17, 15) is 0 Å². The number of aromatic nitrogens is 2. The summed E-state index contributed by atoms with van der Waals surface area (Å²) >= 11 is 7.78. The first-order valence-corrected chi connectivity index (χ1v) is 9.88. The Bertz CT molecular complexity index is 899. The highest BCUT2D eigenvalue weighted by molar-refractivity contribution is 7.98. The molecule has 1 aromatic heterocycles. The number of benzene rings is 2. The van der Waals surface area contributed by atoms with Crippen LogP contribution < -0.4 is 4.74 Å². The van der Waals surface area contributed by atoms with E-state index in [0.717, 1.165) is 27.6 Å². The molecule has 0 saturated carbocycles. The van der Waals surface area contributed by atoms with Crippen LogP contribution in [0.4, 0.5) is 0 Å². The van der Waals surface area contributed by atoms with E-state index in [1.165, 1.54) is 0 Å². The van der Waals surface area contributed by atoms with Crippen molar-refractivity contribution in [2.24, 2.45) is 0 Å². The number of rotatable bonds is 6. The minimum Gasteiger partial charge on any atom is -0.439 e. The normalized spacial score (nSPS) is 11.0. The fourth-order valence-corrected chi connectivity index (χ4v) is 3.73. The minimum atomic E-state index is 0.378. The zero-order valence-corrected chi connectivity index (χ0v) is 16.6. The number of hydrogen-bond donors (Lipinski definition) is 0. The third kappa shape index (κ3) is 4.77. The highest BCUT2D eigenvalue weighted by atomic mass is 35.5. The summed E-state index contributed by atoms with van der Waals surface area (Å²) in [6.07, 6.45) is 0. The summed E-state index contributed by atoms with van der Waals surface area (Å²) in [5.74, 6) is 2.49. The van der Waals surface area contributed by atoms with E-state index in [4.69, 9.17) is 16.3 Å². The Morgan fingerprint density at radius 3 is 2.54 bits per heavy atom. The number of para-hydroxylation sites is 1. The second-order valence-corrected chi connectivity index (χ2v) is 7.65. The van der Waals surface area contributed by atoms with Gasteiger partial charge in [-0.1, -0.05) is 73.6 Å². The van der Waals surface area contributed by atoms with Crippen molar-refractivity contribution in [1.82, 2.24) is 9.97 Å². The van der Waals surface area contributed by atoms with Gasteiger partial charge in [0.1, 0.15) is 5.75 Å². The van der Waals surface area contributed by atoms with Crippen LogP contribution >= 0.6 is 23.4 Å². The lowest BCUT2D eigenvalue weighted by Crippen LogP contribution is -1.98. The van der Waals surface area contributed by atoms with Crippen LogP contribution in [0.3, 0.4) is 0 Å². The molecule has 5 heteroatoms. The van der Waals surface area contributed by atoms with Crippen LogP contribution in [-0.2, 0) is 5.75 Å². The molecular formula is C21H21ClN2OS. The molecule has 0 spiro atoms. The molecule has 2 aromatic carbocycles. The molecule has 3 aromatic rings. The number of ether oxygens (including phenoxy) is 1. The monoisotopic (exact) mass is 384 g/mol. The predicted molar refractivity (Wildman–Crippen MR) is 108 cm³/mol. The molecule has 0 saturated heterocycles. The molecule has 3 rings (SSSR count). The molecular weight excluding hydrogens is 364 g/mol. The zero-order chi connectivity index (χ0) is 18.5. The molecule has 0 bridgehead atoms. The van der Waals surface area contributed by atoms with Crippen LogP contribution in [0.25, 0.3) is 0 Å². The second kappa shape index (κ2) is 8.56. The maximum atomic E-state index is 6.23. The predicted octanol–water partition coefficient (Wildman–Crippen LogP) is 6.65. The number of thioether (sulfide) groups is 1. The van der Waals surface area contributed by atoms with E-state index in [-0.39, 0.29) is 0 Å². The first-order chi connectivity index (χ1) is 12.5. The van der Waals surface area contributed by atoms with Crippen LogP contribution in [0.2, 0.25) is 5.02 Å². The topological polar surface area (TPSA) is 35.0 Å². The quantitative estimate of drug-likeness (QED) is 0.352. The summed E-state index contributed by atoms with van der Waals surface area (Å²) in [6.45, 7) is 6.25. The molecule has 0 unspecified atom stereocenters. The lowest BCUT2D eigenvalue weighted by atomic mass is 10.0. The first-order valence-electron chi connectivity index (χ1n) is 8.51. The Hall–Kier alpha value is -2.04. The van der Waals surface area contributed by atoms with Crippen LogP contribution in [0, 0.1) is 6.92 Å². The molecule has 0 atom stereocenters. The van der Waals surface area contributed by atoms with Gasteiger partial charge in [0.15, 0.2) is 5.16 Å². The molecule has 0 aliphatic carbocycles. The highest BCUT2D eigenvalue weighted by Crippen LogP contribution is 2.31. The van der Waals surface area contributed by atoms with Gasteiger partial charge >= 0.3 is 0 Å². The van der Waals surface area contributed by atoms with E-state index < -0.39 is 0 Å². The van der Waals surface area contributed by atoms with Crippen LogP contribution in [0.15, 0.2) is 59.8 Å². The first kappa shape index (κ1) is 18.7. The Balaban J connectivity index is 1.79. The third-order valence-corrected chi connectivity index (χ3v) is 5.15.